The van der Waals surface area contributed by atoms with Crippen molar-refractivity contribution in [1.29, 1.82) is 0 Å². The lowest BCUT2D eigenvalue weighted by atomic mass is 10.1. The van der Waals surface area contributed by atoms with Crippen LogP contribution in [0.25, 0.3) is 0 Å². The zero-order valence-electron chi connectivity index (χ0n) is 23.4. The van der Waals surface area contributed by atoms with Crippen molar-refractivity contribution in [1.82, 2.24) is 9.47 Å². The summed E-state index contributed by atoms with van der Waals surface area (Å²) in [6, 6.07) is 17.1. The number of carbonyl (C=O) groups is 3. The molecule has 1 saturated heterocycles. The molecule has 1 aromatic heterocycles. The van der Waals surface area contributed by atoms with E-state index >= 15 is 0 Å². The molecule has 4 rings (SSSR count). The Morgan fingerprint density at radius 2 is 1.72 bits per heavy atom. The smallest absolute Gasteiger partial charge is 0.494 e. The Bertz CT molecular complexity index is 1340. The van der Waals surface area contributed by atoms with Crippen LogP contribution < -0.4 is 9.30 Å². The lowest BCUT2D eigenvalue weighted by Gasteiger charge is -2.24. The summed E-state index contributed by atoms with van der Waals surface area (Å²) in [5, 5.41) is 8.35. The molecule has 1 N–H and O–H groups in total. The number of hydrogen-bond donors (Lipinski definition) is 1. The SMILES string of the molecule is C[n+]1ccn(CCOC(=O)CCCOc2ccc(C3SC(CC(=O)O)C(=O)N3Cc3ccccc3)cc2)c1.F[B-](F)(F)F. The summed E-state index contributed by atoms with van der Waals surface area (Å²) in [6.45, 7) is 1.72. The Labute approximate surface area is 250 Å². The first kappa shape index (κ1) is 33.5. The number of nitrogens with zero attached hydrogens (tertiary/aromatic N) is 3. The maximum atomic E-state index is 13.0. The Balaban J connectivity index is 0.000000934. The number of aryl methyl sites for hydroxylation is 1. The van der Waals surface area contributed by atoms with Crippen molar-refractivity contribution in [3.05, 3.63) is 84.4 Å². The van der Waals surface area contributed by atoms with E-state index in [2.05, 4.69) is 0 Å². The quantitative estimate of drug-likeness (QED) is 0.0972. The Hall–Kier alpha value is -4.01. The van der Waals surface area contributed by atoms with Gasteiger partial charge in [-0.05, 0) is 29.7 Å². The average molecular weight is 625 g/mol. The van der Waals surface area contributed by atoms with Gasteiger partial charge in [0.2, 0.25) is 12.2 Å². The molecule has 15 heteroatoms. The standard InChI is InChI=1S/C28H31N3O6S.BF4/c1-29-13-14-30(20-29)15-17-37-26(34)8-5-16-36-23-11-9-22(10-12-23)28-31(19-21-6-3-2-4-7-21)27(35)24(38-28)18-25(32)33;2-1(3,4)5/h2-4,6-7,9-14,20,24,28H,5,8,15-19H2,1H3;/q;-1/p+1. The monoisotopic (exact) mass is 625 g/mol. The number of hydrogen-bond acceptors (Lipinski definition) is 6. The maximum Gasteiger partial charge on any atom is 0.673 e. The second-order valence-corrected chi connectivity index (χ2v) is 10.9. The van der Waals surface area contributed by atoms with Crippen molar-refractivity contribution in [3.63, 3.8) is 0 Å². The van der Waals surface area contributed by atoms with E-state index in [0.717, 1.165) is 11.1 Å². The summed E-state index contributed by atoms with van der Waals surface area (Å²) in [6.07, 6.45) is 6.37. The predicted molar refractivity (Wildman–Crippen MR) is 151 cm³/mol. The van der Waals surface area contributed by atoms with Crippen LogP contribution in [0.1, 0.15) is 35.8 Å². The number of aromatic nitrogens is 2. The number of thioether (sulfide) groups is 1. The van der Waals surface area contributed by atoms with Crippen LogP contribution in [-0.4, -0.2) is 58.1 Å². The first-order chi connectivity index (χ1) is 20.4. The average Bonchev–Trinajstić information content (AvgIpc) is 3.49. The Morgan fingerprint density at radius 1 is 1.05 bits per heavy atom. The fraction of sp³-hybridized carbons (Fsp3) is 0.357. The zero-order chi connectivity index (χ0) is 31.4. The molecule has 1 fully saturated rings. The highest BCUT2D eigenvalue weighted by Crippen LogP contribution is 2.45. The number of imidazole rings is 1. The number of aliphatic carboxylic acids is 1. The van der Waals surface area contributed by atoms with Gasteiger partial charge in [-0.2, -0.15) is 0 Å². The highest BCUT2D eigenvalue weighted by Gasteiger charge is 2.41. The number of rotatable bonds is 13. The van der Waals surface area contributed by atoms with Gasteiger partial charge in [0.25, 0.3) is 0 Å². The van der Waals surface area contributed by atoms with E-state index in [0.29, 0.717) is 38.5 Å². The molecule has 2 heterocycles. The summed E-state index contributed by atoms with van der Waals surface area (Å²) in [5.41, 5.74) is 1.89. The molecule has 3 aromatic rings. The summed E-state index contributed by atoms with van der Waals surface area (Å²) >= 11 is 1.36. The van der Waals surface area contributed by atoms with Crippen molar-refractivity contribution in [2.75, 3.05) is 13.2 Å². The Kier molecular flexibility index (Phi) is 12.5. The van der Waals surface area contributed by atoms with E-state index in [1.165, 1.54) is 11.8 Å². The minimum atomic E-state index is -6.00. The van der Waals surface area contributed by atoms with Gasteiger partial charge in [0.05, 0.1) is 25.3 Å². The summed E-state index contributed by atoms with van der Waals surface area (Å²) < 4.78 is 53.9. The van der Waals surface area contributed by atoms with Crippen LogP contribution in [0.5, 0.6) is 5.75 Å². The number of carboxylic acids is 1. The number of ether oxygens (including phenoxy) is 2. The van der Waals surface area contributed by atoms with Gasteiger partial charge in [-0.15, -0.1) is 11.8 Å². The first-order valence-electron chi connectivity index (χ1n) is 13.4. The lowest BCUT2D eigenvalue weighted by molar-refractivity contribution is -0.671. The minimum absolute atomic E-state index is 0.166. The highest BCUT2D eigenvalue weighted by atomic mass is 32.2. The van der Waals surface area contributed by atoms with Crippen LogP contribution in [0.2, 0.25) is 0 Å². The molecule has 0 spiro atoms. The number of carbonyl (C=O) groups excluding carboxylic acids is 2. The van der Waals surface area contributed by atoms with Gasteiger partial charge in [-0.25, -0.2) is 9.13 Å². The van der Waals surface area contributed by atoms with Gasteiger partial charge in [-0.1, -0.05) is 42.5 Å². The normalized spacial score (nSPS) is 16.4. The molecule has 2 atom stereocenters. The van der Waals surface area contributed by atoms with Crippen LogP contribution >= 0.6 is 11.8 Å². The summed E-state index contributed by atoms with van der Waals surface area (Å²) in [4.78, 5) is 38.0. The van der Waals surface area contributed by atoms with Crippen molar-refractivity contribution in [2.24, 2.45) is 7.05 Å². The van der Waals surface area contributed by atoms with Gasteiger partial charge < -0.3 is 36.7 Å². The first-order valence-corrected chi connectivity index (χ1v) is 14.3. The molecule has 232 valence electrons. The van der Waals surface area contributed by atoms with Crippen LogP contribution in [0.3, 0.4) is 0 Å². The number of esters is 1. The van der Waals surface area contributed by atoms with Crippen LogP contribution in [0.15, 0.2) is 73.3 Å². The van der Waals surface area contributed by atoms with E-state index in [-0.39, 0.29) is 30.1 Å². The van der Waals surface area contributed by atoms with Gasteiger partial charge in [0.1, 0.15) is 36.7 Å². The van der Waals surface area contributed by atoms with Crippen molar-refractivity contribution in [3.8, 4) is 5.75 Å². The van der Waals surface area contributed by atoms with E-state index < -0.39 is 18.5 Å². The van der Waals surface area contributed by atoms with E-state index in [9.17, 15) is 36.8 Å². The van der Waals surface area contributed by atoms with Crippen molar-refractivity contribution in [2.45, 2.75) is 43.0 Å². The molecule has 0 radical (unpaired) electrons. The molecule has 1 aliphatic heterocycles. The fourth-order valence-electron chi connectivity index (χ4n) is 4.19. The Morgan fingerprint density at radius 3 is 2.33 bits per heavy atom. The van der Waals surface area contributed by atoms with Crippen LogP contribution in [0.4, 0.5) is 17.3 Å². The molecule has 0 saturated carbocycles. The number of benzene rings is 2. The van der Waals surface area contributed by atoms with Crippen molar-refractivity contribution < 1.29 is 50.8 Å². The van der Waals surface area contributed by atoms with Crippen LogP contribution in [-0.2, 0) is 39.3 Å². The molecule has 1 aliphatic rings. The molecule has 43 heavy (non-hydrogen) atoms. The largest absolute Gasteiger partial charge is 0.673 e. The third-order valence-electron chi connectivity index (χ3n) is 6.09. The lowest BCUT2D eigenvalue weighted by Crippen LogP contribution is -2.31. The number of halogens is 4. The molecule has 1 amide bonds. The minimum Gasteiger partial charge on any atom is -0.494 e. The second kappa shape index (κ2) is 16.0. The molecule has 0 bridgehead atoms. The van der Waals surface area contributed by atoms with Gasteiger partial charge >= 0.3 is 19.2 Å². The van der Waals surface area contributed by atoms with Gasteiger partial charge in [0.15, 0.2) is 0 Å². The molecular formula is C28H32BF4N3O6S. The highest BCUT2D eigenvalue weighted by molar-refractivity contribution is 8.01. The van der Waals surface area contributed by atoms with Crippen LogP contribution in [0, 0.1) is 0 Å². The topological polar surface area (TPSA) is 102 Å². The summed E-state index contributed by atoms with van der Waals surface area (Å²) in [5.74, 6) is -0.744. The van der Waals surface area contributed by atoms with E-state index in [1.54, 1.807) is 4.90 Å². The number of amides is 1. The molecule has 2 unspecified atom stereocenters. The van der Waals surface area contributed by atoms with Gasteiger partial charge in [-0.3, -0.25) is 14.4 Å². The fourth-order valence-corrected chi connectivity index (χ4v) is 5.63. The maximum absolute atomic E-state index is 13.0. The predicted octanol–water partition coefficient (Wildman–Crippen LogP) is 4.63. The van der Waals surface area contributed by atoms with E-state index in [4.69, 9.17) is 9.47 Å². The molecule has 9 nitrogen and oxygen atoms in total. The molecule has 0 aliphatic carbocycles. The second-order valence-electron chi connectivity index (χ2n) is 9.58. The molecular weight excluding hydrogens is 593 g/mol. The zero-order valence-corrected chi connectivity index (χ0v) is 24.2. The van der Waals surface area contributed by atoms with Gasteiger partial charge in [0, 0.05) is 13.0 Å². The third kappa shape index (κ3) is 12.0. The van der Waals surface area contributed by atoms with E-state index in [1.807, 2.05) is 89.5 Å². The number of carboxylic acid groups (broad SMARTS) is 1. The summed E-state index contributed by atoms with van der Waals surface area (Å²) in [7, 11) is -4.07. The third-order valence-corrected chi connectivity index (χ3v) is 7.57. The molecule has 2 aromatic carbocycles. The van der Waals surface area contributed by atoms with Crippen molar-refractivity contribution >= 4 is 36.9 Å².